The fourth-order valence-electron chi connectivity index (χ4n) is 2.82. The van der Waals surface area contributed by atoms with Crippen molar-refractivity contribution in [2.24, 2.45) is 0 Å². The standard InChI is InChI=1S/C21H24N2O2S/c1-21(2,3)16-7-4-14(5-8-16)10-11-22-20(25)15-6-9-18-17(12-15)23-19(24)13-26-18/h4-9,12H,10-11,13H2,1-3H3,(H,22,25)(H,23,24). The summed E-state index contributed by atoms with van der Waals surface area (Å²) < 4.78 is 0. The summed E-state index contributed by atoms with van der Waals surface area (Å²) in [4.78, 5) is 24.8. The number of hydrogen-bond acceptors (Lipinski definition) is 3. The number of carbonyl (C=O) groups excluding carboxylic acids is 2. The Morgan fingerprint density at radius 3 is 2.58 bits per heavy atom. The molecule has 5 heteroatoms. The predicted octanol–water partition coefficient (Wildman–Crippen LogP) is 4.00. The number of hydrogen-bond donors (Lipinski definition) is 2. The summed E-state index contributed by atoms with van der Waals surface area (Å²) in [7, 11) is 0. The number of nitrogens with one attached hydrogen (secondary N) is 2. The molecule has 0 aliphatic carbocycles. The Hall–Kier alpha value is -2.27. The number of thioether (sulfide) groups is 1. The highest BCUT2D eigenvalue weighted by Crippen LogP contribution is 2.31. The van der Waals surface area contributed by atoms with Crippen LogP contribution in [0.1, 0.15) is 42.3 Å². The molecule has 0 atom stereocenters. The van der Waals surface area contributed by atoms with Crippen molar-refractivity contribution in [3.8, 4) is 0 Å². The summed E-state index contributed by atoms with van der Waals surface area (Å²) in [6, 6.07) is 14.0. The second-order valence-corrected chi connectivity index (χ2v) is 8.52. The largest absolute Gasteiger partial charge is 0.352 e. The number of anilines is 1. The van der Waals surface area contributed by atoms with Crippen LogP contribution in [0, 0.1) is 0 Å². The van der Waals surface area contributed by atoms with E-state index in [1.54, 1.807) is 12.1 Å². The van der Waals surface area contributed by atoms with Gasteiger partial charge in [-0.3, -0.25) is 9.59 Å². The van der Waals surface area contributed by atoms with Crippen molar-refractivity contribution < 1.29 is 9.59 Å². The highest BCUT2D eigenvalue weighted by atomic mass is 32.2. The summed E-state index contributed by atoms with van der Waals surface area (Å²) in [5.74, 6) is 0.273. The van der Waals surface area contributed by atoms with Gasteiger partial charge < -0.3 is 10.6 Å². The number of rotatable bonds is 4. The third-order valence-corrected chi connectivity index (χ3v) is 5.47. The third kappa shape index (κ3) is 4.47. The summed E-state index contributed by atoms with van der Waals surface area (Å²) in [6.45, 7) is 7.16. The van der Waals surface area contributed by atoms with Gasteiger partial charge in [-0.1, -0.05) is 45.0 Å². The molecule has 1 heterocycles. The molecule has 26 heavy (non-hydrogen) atoms. The number of fused-ring (bicyclic) bond motifs is 1. The van der Waals surface area contributed by atoms with Gasteiger partial charge in [-0.2, -0.15) is 0 Å². The first-order chi connectivity index (χ1) is 12.3. The second-order valence-electron chi connectivity index (χ2n) is 7.50. The molecule has 0 radical (unpaired) electrons. The predicted molar refractivity (Wildman–Crippen MR) is 107 cm³/mol. The van der Waals surface area contributed by atoms with Gasteiger partial charge in [0, 0.05) is 17.0 Å². The molecule has 4 nitrogen and oxygen atoms in total. The lowest BCUT2D eigenvalue weighted by Crippen LogP contribution is -2.26. The molecular formula is C21H24N2O2S. The first-order valence-electron chi connectivity index (χ1n) is 8.77. The minimum absolute atomic E-state index is 0.0289. The van der Waals surface area contributed by atoms with E-state index in [0.717, 1.165) is 17.0 Å². The third-order valence-electron chi connectivity index (χ3n) is 4.39. The lowest BCUT2D eigenvalue weighted by Gasteiger charge is -2.19. The fourth-order valence-corrected chi connectivity index (χ4v) is 3.61. The Bertz CT molecular complexity index is 823. The molecule has 1 aliphatic heterocycles. The maximum atomic E-state index is 12.4. The van der Waals surface area contributed by atoms with Crippen molar-refractivity contribution in [1.29, 1.82) is 0 Å². The van der Waals surface area contributed by atoms with Gasteiger partial charge in [0.25, 0.3) is 5.91 Å². The van der Waals surface area contributed by atoms with Crippen LogP contribution in [0.3, 0.4) is 0 Å². The van der Waals surface area contributed by atoms with E-state index in [1.807, 2.05) is 6.07 Å². The number of amides is 2. The van der Waals surface area contributed by atoms with Crippen LogP contribution >= 0.6 is 11.8 Å². The molecule has 3 rings (SSSR count). The van der Waals surface area contributed by atoms with Crippen LogP contribution in [0.15, 0.2) is 47.4 Å². The molecule has 0 aromatic heterocycles. The molecule has 0 spiro atoms. The first kappa shape index (κ1) is 18.5. The van der Waals surface area contributed by atoms with Gasteiger partial charge in [0.15, 0.2) is 0 Å². The molecular weight excluding hydrogens is 344 g/mol. The molecule has 136 valence electrons. The van der Waals surface area contributed by atoms with Gasteiger partial charge in [-0.05, 0) is 41.2 Å². The Balaban J connectivity index is 1.56. The first-order valence-corrected chi connectivity index (χ1v) is 9.76. The Morgan fingerprint density at radius 2 is 1.88 bits per heavy atom. The van der Waals surface area contributed by atoms with E-state index in [1.165, 1.54) is 22.9 Å². The highest BCUT2D eigenvalue weighted by molar-refractivity contribution is 8.00. The SMILES string of the molecule is CC(C)(C)c1ccc(CCNC(=O)c2ccc3c(c2)NC(=O)CS3)cc1. The van der Waals surface area contributed by atoms with Crippen LogP contribution in [0.4, 0.5) is 5.69 Å². The van der Waals surface area contributed by atoms with E-state index in [2.05, 4.69) is 55.7 Å². The Morgan fingerprint density at radius 1 is 1.15 bits per heavy atom. The van der Waals surface area contributed by atoms with E-state index in [-0.39, 0.29) is 17.2 Å². The minimum Gasteiger partial charge on any atom is -0.352 e. The molecule has 0 fully saturated rings. The smallest absolute Gasteiger partial charge is 0.251 e. The van der Waals surface area contributed by atoms with Crippen LogP contribution < -0.4 is 10.6 Å². The van der Waals surface area contributed by atoms with Crippen LogP contribution in [-0.4, -0.2) is 24.1 Å². The molecule has 2 N–H and O–H groups in total. The van der Waals surface area contributed by atoms with Gasteiger partial charge in [-0.15, -0.1) is 11.8 Å². The van der Waals surface area contributed by atoms with E-state index < -0.39 is 0 Å². The van der Waals surface area contributed by atoms with Crippen molar-refractivity contribution >= 4 is 29.3 Å². The van der Waals surface area contributed by atoms with E-state index >= 15 is 0 Å². The second kappa shape index (κ2) is 7.54. The maximum Gasteiger partial charge on any atom is 0.251 e. The summed E-state index contributed by atoms with van der Waals surface area (Å²) in [5, 5.41) is 5.77. The quantitative estimate of drug-likeness (QED) is 0.857. The van der Waals surface area contributed by atoms with Crippen molar-refractivity contribution in [2.45, 2.75) is 37.5 Å². The average molecular weight is 369 g/mol. The fraction of sp³-hybridized carbons (Fsp3) is 0.333. The lowest BCUT2D eigenvalue weighted by molar-refractivity contribution is -0.113. The molecule has 0 bridgehead atoms. The average Bonchev–Trinajstić information content (AvgIpc) is 2.60. The normalized spacial score (nSPS) is 13.7. The van der Waals surface area contributed by atoms with Crippen molar-refractivity contribution in [3.63, 3.8) is 0 Å². The monoisotopic (exact) mass is 368 g/mol. The number of carbonyl (C=O) groups is 2. The zero-order chi connectivity index (χ0) is 18.7. The van der Waals surface area contributed by atoms with E-state index in [9.17, 15) is 9.59 Å². The Labute approximate surface area is 158 Å². The highest BCUT2D eigenvalue weighted by Gasteiger charge is 2.17. The summed E-state index contributed by atoms with van der Waals surface area (Å²) >= 11 is 1.49. The van der Waals surface area contributed by atoms with E-state index in [0.29, 0.717) is 17.9 Å². The molecule has 0 saturated heterocycles. The van der Waals surface area contributed by atoms with Crippen LogP contribution in [0.5, 0.6) is 0 Å². The maximum absolute atomic E-state index is 12.4. The minimum atomic E-state index is -0.121. The van der Waals surface area contributed by atoms with Gasteiger partial charge in [0.2, 0.25) is 5.91 Å². The van der Waals surface area contributed by atoms with Gasteiger partial charge in [0.1, 0.15) is 0 Å². The molecule has 0 unspecified atom stereocenters. The van der Waals surface area contributed by atoms with E-state index in [4.69, 9.17) is 0 Å². The molecule has 2 amide bonds. The Kier molecular flexibility index (Phi) is 5.37. The topological polar surface area (TPSA) is 58.2 Å². The zero-order valence-electron chi connectivity index (χ0n) is 15.4. The van der Waals surface area contributed by atoms with Gasteiger partial charge in [-0.25, -0.2) is 0 Å². The van der Waals surface area contributed by atoms with Gasteiger partial charge in [0.05, 0.1) is 11.4 Å². The van der Waals surface area contributed by atoms with Crippen LogP contribution in [0.25, 0.3) is 0 Å². The zero-order valence-corrected chi connectivity index (χ0v) is 16.2. The van der Waals surface area contributed by atoms with Crippen LogP contribution in [0.2, 0.25) is 0 Å². The molecule has 1 aliphatic rings. The summed E-state index contributed by atoms with van der Waals surface area (Å²) in [5.41, 5.74) is 3.94. The van der Waals surface area contributed by atoms with Crippen molar-refractivity contribution in [3.05, 3.63) is 59.2 Å². The molecule has 2 aromatic rings. The van der Waals surface area contributed by atoms with Crippen molar-refractivity contribution in [1.82, 2.24) is 5.32 Å². The number of benzene rings is 2. The lowest BCUT2D eigenvalue weighted by atomic mass is 9.86. The van der Waals surface area contributed by atoms with Crippen molar-refractivity contribution in [2.75, 3.05) is 17.6 Å². The van der Waals surface area contributed by atoms with Crippen LogP contribution in [-0.2, 0) is 16.6 Å². The molecule has 0 saturated carbocycles. The summed E-state index contributed by atoms with van der Waals surface area (Å²) in [6.07, 6.45) is 0.785. The van der Waals surface area contributed by atoms with Gasteiger partial charge >= 0.3 is 0 Å². The molecule has 2 aromatic carbocycles.